The zero-order valence-corrected chi connectivity index (χ0v) is 13.3. The van der Waals surface area contributed by atoms with Crippen LogP contribution in [0.15, 0.2) is 12.7 Å². The van der Waals surface area contributed by atoms with Crippen LogP contribution in [0.25, 0.3) is 0 Å². The van der Waals surface area contributed by atoms with E-state index in [0.717, 1.165) is 44.9 Å². The number of nitrogens with one attached hydrogen (secondary N) is 1. The molecule has 122 valence electrons. The molecule has 1 atom stereocenters. The number of carbonyl (C=O) groups excluding carboxylic acids is 1. The second-order valence-corrected chi connectivity index (χ2v) is 6.62. The van der Waals surface area contributed by atoms with Gasteiger partial charge in [0.25, 0.3) is 0 Å². The summed E-state index contributed by atoms with van der Waals surface area (Å²) < 4.78 is 1.94. The summed E-state index contributed by atoms with van der Waals surface area (Å²) in [5.74, 6) is 0.427. The molecular weight excluding hydrogens is 278 g/mol. The molecule has 3 rings (SSSR count). The van der Waals surface area contributed by atoms with Crippen molar-refractivity contribution in [3.8, 4) is 0 Å². The number of aromatic nitrogens is 3. The van der Waals surface area contributed by atoms with Crippen molar-refractivity contribution in [2.24, 2.45) is 5.92 Å². The minimum Gasteiger partial charge on any atom is -0.356 e. The highest BCUT2D eigenvalue weighted by Gasteiger charge is 2.30. The van der Waals surface area contributed by atoms with Crippen molar-refractivity contribution >= 4 is 5.91 Å². The highest BCUT2D eigenvalue weighted by molar-refractivity contribution is 5.78. The number of aryl methyl sites for hydroxylation is 1. The van der Waals surface area contributed by atoms with E-state index in [1.807, 2.05) is 4.57 Å². The van der Waals surface area contributed by atoms with E-state index in [4.69, 9.17) is 0 Å². The lowest BCUT2D eigenvalue weighted by Gasteiger charge is -2.36. The molecule has 1 amide bonds. The summed E-state index contributed by atoms with van der Waals surface area (Å²) in [6.45, 7) is 3.73. The predicted molar refractivity (Wildman–Crippen MR) is 84.2 cm³/mol. The molecular formula is C16H27N5O. The van der Waals surface area contributed by atoms with Crippen LogP contribution >= 0.6 is 0 Å². The Morgan fingerprint density at radius 1 is 1.14 bits per heavy atom. The van der Waals surface area contributed by atoms with Gasteiger partial charge in [-0.05, 0) is 38.6 Å². The fraction of sp³-hybridized carbons (Fsp3) is 0.812. The Morgan fingerprint density at radius 2 is 1.91 bits per heavy atom. The first-order chi connectivity index (χ1) is 10.8. The molecule has 1 aliphatic carbocycles. The van der Waals surface area contributed by atoms with Crippen LogP contribution in [0.5, 0.6) is 0 Å². The summed E-state index contributed by atoms with van der Waals surface area (Å²) in [6.07, 6.45) is 11.9. The molecule has 0 bridgehead atoms. The van der Waals surface area contributed by atoms with E-state index < -0.39 is 0 Å². The molecule has 6 nitrogen and oxygen atoms in total. The van der Waals surface area contributed by atoms with E-state index in [-0.39, 0.29) is 11.8 Å². The molecule has 0 aromatic carbocycles. The summed E-state index contributed by atoms with van der Waals surface area (Å²) in [5.41, 5.74) is 0. The lowest BCUT2D eigenvalue weighted by atomic mass is 9.95. The van der Waals surface area contributed by atoms with Crippen molar-refractivity contribution in [2.75, 3.05) is 19.6 Å². The van der Waals surface area contributed by atoms with Crippen molar-refractivity contribution in [1.82, 2.24) is 25.0 Å². The van der Waals surface area contributed by atoms with E-state index in [9.17, 15) is 4.79 Å². The second kappa shape index (κ2) is 7.72. The third-order valence-electron chi connectivity index (χ3n) is 5.02. The van der Waals surface area contributed by atoms with E-state index in [1.54, 1.807) is 12.7 Å². The highest BCUT2D eigenvalue weighted by Crippen LogP contribution is 2.27. The first kappa shape index (κ1) is 15.5. The van der Waals surface area contributed by atoms with E-state index >= 15 is 0 Å². The number of amides is 1. The number of hydrogen-bond donors (Lipinski definition) is 1. The van der Waals surface area contributed by atoms with Crippen molar-refractivity contribution in [1.29, 1.82) is 0 Å². The highest BCUT2D eigenvalue weighted by atomic mass is 16.1. The Bertz CT molecular complexity index is 455. The maximum absolute atomic E-state index is 12.4. The Labute approximate surface area is 132 Å². The van der Waals surface area contributed by atoms with Gasteiger partial charge in [-0.2, -0.15) is 0 Å². The molecule has 0 radical (unpaired) electrons. The Hall–Kier alpha value is -1.43. The van der Waals surface area contributed by atoms with Crippen LogP contribution < -0.4 is 5.32 Å². The van der Waals surface area contributed by atoms with Gasteiger partial charge < -0.3 is 9.88 Å². The van der Waals surface area contributed by atoms with Gasteiger partial charge in [-0.15, -0.1) is 10.2 Å². The average molecular weight is 305 g/mol. The largest absolute Gasteiger partial charge is 0.356 e. The summed E-state index contributed by atoms with van der Waals surface area (Å²) >= 11 is 0. The average Bonchev–Trinajstić information content (AvgIpc) is 3.24. The number of rotatable bonds is 6. The standard InChI is InChI=1S/C16H27N5O/c22-16(17-8-4-9-20-12-18-19-13-20)14-5-3-10-21(11-14)15-6-1-2-7-15/h12-15H,1-11H2,(H,17,22). The SMILES string of the molecule is O=C(NCCCn1cnnc1)C1CCCN(C2CCCC2)C1. The van der Waals surface area contributed by atoms with Crippen molar-refractivity contribution < 1.29 is 4.79 Å². The molecule has 6 heteroatoms. The number of hydrogen-bond acceptors (Lipinski definition) is 4. The zero-order valence-electron chi connectivity index (χ0n) is 13.3. The molecule has 1 aromatic heterocycles. The van der Waals surface area contributed by atoms with Gasteiger partial charge in [-0.3, -0.25) is 9.69 Å². The molecule has 1 aromatic rings. The van der Waals surface area contributed by atoms with E-state index in [0.29, 0.717) is 0 Å². The van der Waals surface area contributed by atoms with Crippen LogP contribution in [0.1, 0.15) is 44.9 Å². The van der Waals surface area contributed by atoms with Gasteiger partial charge in [0.2, 0.25) is 5.91 Å². The molecule has 2 fully saturated rings. The van der Waals surface area contributed by atoms with Crippen LogP contribution in [0.3, 0.4) is 0 Å². The minimum absolute atomic E-state index is 0.185. The maximum Gasteiger partial charge on any atom is 0.224 e. The zero-order chi connectivity index (χ0) is 15.2. The molecule has 2 heterocycles. The summed E-state index contributed by atoms with van der Waals surface area (Å²) in [6, 6.07) is 0.740. The van der Waals surface area contributed by atoms with Gasteiger partial charge in [0.05, 0.1) is 5.92 Å². The fourth-order valence-electron chi connectivity index (χ4n) is 3.78. The number of likely N-dealkylation sites (tertiary alicyclic amines) is 1. The topological polar surface area (TPSA) is 63.1 Å². The number of carbonyl (C=O) groups is 1. The van der Waals surface area contributed by atoms with Gasteiger partial charge >= 0.3 is 0 Å². The van der Waals surface area contributed by atoms with E-state index in [2.05, 4.69) is 20.4 Å². The number of nitrogens with zero attached hydrogens (tertiary/aromatic N) is 4. The fourth-order valence-corrected chi connectivity index (χ4v) is 3.78. The van der Waals surface area contributed by atoms with Gasteiger partial charge in [-0.1, -0.05) is 12.8 Å². The molecule has 1 N–H and O–H groups in total. The van der Waals surface area contributed by atoms with E-state index in [1.165, 1.54) is 32.2 Å². The summed E-state index contributed by atoms with van der Waals surface area (Å²) in [7, 11) is 0. The molecule has 1 saturated heterocycles. The molecule has 1 aliphatic heterocycles. The lowest BCUT2D eigenvalue weighted by molar-refractivity contribution is -0.127. The van der Waals surface area contributed by atoms with Crippen LogP contribution in [-0.4, -0.2) is 51.2 Å². The quantitative estimate of drug-likeness (QED) is 0.808. The Kier molecular flexibility index (Phi) is 5.43. The first-order valence-corrected chi connectivity index (χ1v) is 8.67. The smallest absolute Gasteiger partial charge is 0.224 e. The van der Waals surface area contributed by atoms with Crippen LogP contribution in [-0.2, 0) is 11.3 Å². The van der Waals surface area contributed by atoms with Crippen molar-refractivity contribution in [2.45, 2.75) is 57.5 Å². The molecule has 1 saturated carbocycles. The Morgan fingerprint density at radius 3 is 2.68 bits per heavy atom. The van der Waals surface area contributed by atoms with Crippen molar-refractivity contribution in [3.05, 3.63) is 12.7 Å². The number of piperidine rings is 1. The van der Waals surface area contributed by atoms with Gasteiger partial charge in [0, 0.05) is 25.7 Å². The molecule has 22 heavy (non-hydrogen) atoms. The summed E-state index contributed by atoms with van der Waals surface area (Å²) in [5, 5.41) is 10.7. The van der Waals surface area contributed by atoms with Gasteiger partial charge in [0.1, 0.15) is 12.7 Å². The third kappa shape index (κ3) is 4.06. The minimum atomic E-state index is 0.185. The van der Waals surface area contributed by atoms with Crippen LogP contribution in [0, 0.1) is 5.92 Å². The monoisotopic (exact) mass is 305 g/mol. The lowest BCUT2D eigenvalue weighted by Crippen LogP contribution is -2.46. The molecule has 2 aliphatic rings. The van der Waals surface area contributed by atoms with Crippen molar-refractivity contribution in [3.63, 3.8) is 0 Å². The maximum atomic E-state index is 12.4. The Balaban J connectivity index is 1.37. The molecule has 0 spiro atoms. The van der Waals surface area contributed by atoms with Gasteiger partial charge in [0.15, 0.2) is 0 Å². The normalized spacial score (nSPS) is 23.7. The van der Waals surface area contributed by atoms with Gasteiger partial charge in [-0.25, -0.2) is 0 Å². The first-order valence-electron chi connectivity index (χ1n) is 8.67. The van der Waals surface area contributed by atoms with Crippen LogP contribution in [0.2, 0.25) is 0 Å². The predicted octanol–water partition coefficient (Wildman–Crippen LogP) is 1.44. The second-order valence-electron chi connectivity index (χ2n) is 6.62. The van der Waals surface area contributed by atoms with Crippen LogP contribution in [0.4, 0.5) is 0 Å². The third-order valence-corrected chi connectivity index (χ3v) is 5.02. The summed E-state index contributed by atoms with van der Waals surface area (Å²) in [4.78, 5) is 14.9. The molecule has 1 unspecified atom stereocenters.